The van der Waals surface area contributed by atoms with Crippen LogP contribution in [-0.4, -0.2) is 29.7 Å². The van der Waals surface area contributed by atoms with Crippen molar-refractivity contribution in [2.24, 2.45) is 11.3 Å². The van der Waals surface area contributed by atoms with E-state index in [4.69, 9.17) is 4.74 Å². The fourth-order valence-electron chi connectivity index (χ4n) is 4.20. The topological polar surface area (TPSA) is 29.5 Å². The molecule has 1 aromatic rings. The largest absolute Gasteiger partial charge is 0.444 e. The number of nitrogens with zero attached hydrogens (tertiary/aromatic N) is 1. The minimum Gasteiger partial charge on any atom is -0.444 e. The Morgan fingerprint density at radius 2 is 1.92 bits per heavy atom. The van der Waals surface area contributed by atoms with E-state index in [2.05, 4.69) is 31.2 Å². The smallest absolute Gasteiger partial charge is 0.410 e. The summed E-state index contributed by atoms with van der Waals surface area (Å²) in [6, 6.07) is 8.90. The minimum absolute atomic E-state index is 0.144. The summed E-state index contributed by atoms with van der Waals surface area (Å²) < 4.78 is 5.47. The first kappa shape index (κ1) is 17.3. The highest BCUT2D eigenvalue weighted by Crippen LogP contribution is 2.46. The van der Waals surface area contributed by atoms with Crippen LogP contribution >= 0.6 is 0 Å². The SMILES string of the molecule is Cc1cccc(CC2CCC3(CC2)CN(C(=O)OC(C)(C)C)C3)c1. The number of aryl methyl sites for hydroxylation is 1. The van der Waals surface area contributed by atoms with E-state index < -0.39 is 5.60 Å². The number of ether oxygens (including phenoxy) is 1. The molecule has 0 aromatic heterocycles. The van der Waals surface area contributed by atoms with Crippen molar-refractivity contribution in [3.05, 3.63) is 35.4 Å². The Bertz CT molecular complexity index is 586. The molecule has 1 saturated heterocycles. The summed E-state index contributed by atoms with van der Waals surface area (Å²) in [5.74, 6) is 0.799. The number of carbonyl (C=O) groups is 1. The number of carbonyl (C=O) groups excluding carboxylic acids is 1. The van der Waals surface area contributed by atoms with Gasteiger partial charge in [0.15, 0.2) is 0 Å². The number of rotatable bonds is 2. The van der Waals surface area contributed by atoms with Crippen molar-refractivity contribution < 1.29 is 9.53 Å². The first-order valence-electron chi connectivity index (χ1n) is 9.28. The molecule has 0 N–H and O–H groups in total. The number of hydrogen-bond acceptors (Lipinski definition) is 2. The van der Waals surface area contributed by atoms with E-state index in [0.29, 0.717) is 5.41 Å². The number of amides is 1. The van der Waals surface area contributed by atoms with Crippen LogP contribution in [0.4, 0.5) is 4.79 Å². The van der Waals surface area contributed by atoms with Crippen molar-refractivity contribution in [3.8, 4) is 0 Å². The second-order valence-corrected chi connectivity index (χ2v) is 8.97. The van der Waals surface area contributed by atoms with Crippen LogP contribution in [0.1, 0.15) is 57.6 Å². The maximum Gasteiger partial charge on any atom is 0.410 e. The summed E-state index contributed by atoms with van der Waals surface area (Å²) in [6.07, 6.45) is 6.14. The van der Waals surface area contributed by atoms with Gasteiger partial charge in [0.2, 0.25) is 0 Å². The molecule has 1 heterocycles. The van der Waals surface area contributed by atoms with Gasteiger partial charge in [-0.25, -0.2) is 4.79 Å². The molecule has 1 amide bonds. The van der Waals surface area contributed by atoms with Gasteiger partial charge in [0, 0.05) is 18.5 Å². The van der Waals surface area contributed by atoms with Crippen LogP contribution < -0.4 is 0 Å². The summed E-state index contributed by atoms with van der Waals surface area (Å²) in [4.78, 5) is 14.0. The zero-order valence-electron chi connectivity index (χ0n) is 15.6. The van der Waals surface area contributed by atoms with Crippen LogP contribution in [0.2, 0.25) is 0 Å². The molecular weight excluding hydrogens is 298 g/mol. The first-order chi connectivity index (χ1) is 11.2. The molecule has 1 spiro atoms. The second kappa shape index (κ2) is 6.42. The molecule has 24 heavy (non-hydrogen) atoms. The highest BCUT2D eigenvalue weighted by molar-refractivity contribution is 5.69. The fourth-order valence-corrected chi connectivity index (χ4v) is 4.20. The Kier molecular flexibility index (Phi) is 4.63. The van der Waals surface area contributed by atoms with E-state index in [-0.39, 0.29) is 6.09 Å². The Morgan fingerprint density at radius 1 is 1.25 bits per heavy atom. The molecule has 0 bridgehead atoms. The third kappa shape index (κ3) is 4.12. The molecule has 3 heteroatoms. The molecule has 3 rings (SSSR count). The van der Waals surface area contributed by atoms with Crippen molar-refractivity contribution in [2.75, 3.05) is 13.1 Å². The molecule has 0 atom stereocenters. The van der Waals surface area contributed by atoms with Crippen molar-refractivity contribution in [2.45, 2.75) is 65.4 Å². The van der Waals surface area contributed by atoms with E-state index in [1.165, 1.54) is 43.2 Å². The molecule has 132 valence electrons. The Balaban J connectivity index is 1.46. The lowest BCUT2D eigenvalue weighted by molar-refractivity contribution is -0.0542. The van der Waals surface area contributed by atoms with Crippen molar-refractivity contribution in [1.29, 1.82) is 0 Å². The zero-order chi connectivity index (χ0) is 17.4. The summed E-state index contributed by atoms with van der Waals surface area (Å²) in [7, 11) is 0. The van der Waals surface area contributed by atoms with Crippen molar-refractivity contribution in [3.63, 3.8) is 0 Å². The van der Waals surface area contributed by atoms with Crippen molar-refractivity contribution >= 4 is 6.09 Å². The lowest BCUT2D eigenvalue weighted by Gasteiger charge is -2.53. The van der Waals surface area contributed by atoms with Crippen LogP contribution in [0.3, 0.4) is 0 Å². The van der Waals surface area contributed by atoms with E-state index in [0.717, 1.165) is 19.0 Å². The van der Waals surface area contributed by atoms with Gasteiger partial charge in [-0.3, -0.25) is 0 Å². The molecule has 1 saturated carbocycles. The van der Waals surface area contributed by atoms with Crippen LogP contribution in [0, 0.1) is 18.3 Å². The average Bonchev–Trinajstić information content (AvgIpc) is 2.44. The van der Waals surface area contributed by atoms with Gasteiger partial charge in [0.1, 0.15) is 5.60 Å². The van der Waals surface area contributed by atoms with Gasteiger partial charge >= 0.3 is 6.09 Å². The van der Waals surface area contributed by atoms with Crippen molar-refractivity contribution in [1.82, 2.24) is 4.90 Å². The molecule has 0 radical (unpaired) electrons. The zero-order valence-corrected chi connectivity index (χ0v) is 15.6. The quantitative estimate of drug-likeness (QED) is 0.767. The van der Waals surface area contributed by atoms with Gasteiger partial charge in [-0.15, -0.1) is 0 Å². The number of likely N-dealkylation sites (tertiary alicyclic amines) is 1. The lowest BCUT2D eigenvalue weighted by Crippen LogP contribution is -2.60. The summed E-state index contributed by atoms with van der Waals surface area (Å²) in [6.45, 7) is 9.72. The third-order valence-electron chi connectivity index (χ3n) is 5.48. The maximum atomic E-state index is 12.1. The van der Waals surface area contributed by atoms with Crippen LogP contribution in [0.15, 0.2) is 24.3 Å². The Labute approximate surface area is 146 Å². The minimum atomic E-state index is -0.398. The Morgan fingerprint density at radius 3 is 2.50 bits per heavy atom. The third-order valence-corrected chi connectivity index (χ3v) is 5.48. The highest BCUT2D eigenvalue weighted by atomic mass is 16.6. The van der Waals surface area contributed by atoms with Crippen LogP contribution in [0.25, 0.3) is 0 Å². The predicted molar refractivity (Wildman–Crippen MR) is 97.1 cm³/mol. The van der Waals surface area contributed by atoms with Gasteiger partial charge in [-0.05, 0) is 71.3 Å². The van der Waals surface area contributed by atoms with Gasteiger partial charge < -0.3 is 9.64 Å². The number of benzene rings is 1. The number of hydrogen-bond donors (Lipinski definition) is 0. The van der Waals surface area contributed by atoms with Gasteiger partial charge in [-0.2, -0.15) is 0 Å². The second-order valence-electron chi connectivity index (χ2n) is 8.97. The van der Waals surface area contributed by atoms with E-state index in [1.807, 2.05) is 25.7 Å². The first-order valence-corrected chi connectivity index (χ1v) is 9.28. The molecule has 1 aromatic carbocycles. The molecule has 1 aliphatic carbocycles. The average molecular weight is 329 g/mol. The normalized spacial score (nSPS) is 20.8. The lowest BCUT2D eigenvalue weighted by atomic mass is 9.65. The van der Waals surface area contributed by atoms with E-state index in [1.54, 1.807) is 0 Å². The standard InChI is InChI=1S/C21H31NO2/c1-16-6-5-7-18(12-16)13-17-8-10-21(11-9-17)14-22(15-21)19(23)24-20(2,3)4/h5-7,12,17H,8-11,13-15H2,1-4H3. The summed E-state index contributed by atoms with van der Waals surface area (Å²) in [5.41, 5.74) is 2.80. The van der Waals surface area contributed by atoms with Gasteiger partial charge in [-0.1, -0.05) is 29.8 Å². The molecule has 0 unspecified atom stereocenters. The van der Waals surface area contributed by atoms with E-state index in [9.17, 15) is 4.79 Å². The maximum absolute atomic E-state index is 12.1. The monoisotopic (exact) mass is 329 g/mol. The van der Waals surface area contributed by atoms with Crippen LogP contribution in [0.5, 0.6) is 0 Å². The predicted octanol–water partition coefficient (Wildman–Crippen LogP) is 4.96. The molecule has 2 aliphatic rings. The Hall–Kier alpha value is -1.51. The summed E-state index contributed by atoms with van der Waals surface area (Å²) in [5, 5.41) is 0. The molecule has 3 nitrogen and oxygen atoms in total. The highest BCUT2D eigenvalue weighted by Gasteiger charge is 2.47. The van der Waals surface area contributed by atoms with Gasteiger partial charge in [0.05, 0.1) is 0 Å². The van der Waals surface area contributed by atoms with E-state index >= 15 is 0 Å². The van der Waals surface area contributed by atoms with Gasteiger partial charge in [0.25, 0.3) is 0 Å². The molecular formula is C21H31NO2. The summed E-state index contributed by atoms with van der Waals surface area (Å²) >= 11 is 0. The van der Waals surface area contributed by atoms with Crippen LogP contribution in [-0.2, 0) is 11.2 Å². The molecule has 2 fully saturated rings. The molecule has 1 aliphatic heterocycles. The fraction of sp³-hybridized carbons (Fsp3) is 0.667.